The largest absolute Gasteiger partial charge is 0.388 e. The minimum atomic E-state index is -3.64. The van der Waals surface area contributed by atoms with Crippen molar-refractivity contribution in [2.24, 2.45) is 5.92 Å². The van der Waals surface area contributed by atoms with E-state index in [1.54, 1.807) is 31.2 Å². The number of benzene rings is 2. The first-order chi connectivity index (χ1) is 11.7. The summed E-state index contributed by atoms with van der Waals surface area (Å²) in [4.78, 5) is 0.250. The first-order valence-electron chi connectivity index (χ1n) is 8.25. The Morgan fingerprint density at radius 2 is 1.76 bits per heavy atom. The molecule has 3 rings (SSSR count). The molecular weight excluding hydrogens is 334 g/mol. The Morgan fingerprint density at radius 3 is 2.36 bits per heavy atom. The van der Waals surface area contributed by atoms with Gasteiger partial charge in [-0.15, -0.1) is 0 Å². The van der Waals surface area contributed by atoms with E-state index in [0.29, 0.717) is 0 Å². The maximum absolute atomic E-state index is 12.9. The Bertz CT molecular complexity index is 871. The lowest BCUT2D eigenvalue weighted by atomic mass is 9.83. The Hall–Kier alpha value is -1.95. The van der Waals surface area contributed by atoms with Gasteiger partial charge in [-0.05, 0) is 37.1 Å². The molecule has 1 fully saturated rings. The first kappa shape index (κ1) is 17.9. The third-order valence-corrected chi connectivity index (χ3v) is 6.68. The van der Waals surface area contributed by atoms with E-state index in [9.17, 15) is 13.5 Å². The van der Waals surface area contributed by atoms with Gasteiger partial charge in [-0.3, -0.25) is 0 Å². The number of hydrogen-bond acceptors (Lipinski definition) is 3. The van der Waals surface area contributed by atoms with Crippen molar-refractivity contribution >= 4 is 15.6 Å². The molecular formula is C20H23NO3S. The second-order valence-electron chi connectivity index (χ2n) is 6.91. The topological polar surface area (TPSA) is 57.6 Å². The Balaban J connectivity index is 1.89. The molecule has 5 heteroatoms. The van der Waals surface area contributed by atoms with Crippen LogP contribution in [0.25, 0.3) is 5.57 Å². The van der Waals surface area contributed by atoms with Crippen molar-refractivity contribution < 1.29 is 13.5 Å². The first-order valence-corrected chi connectivity index (χ1v) is 9.69. The molecule has 132 valence electrons. The van der Waals surface area contributed by atoms with Crippen LogP contribution in [0.15, 0.2) is 66.1 Å². The quantitative estimate of drug-likeness (QED) is 0.915. The lowest BCUT2D eigenvalue weighted by molar-refractivity contribution is 0.0533. The molecule has 25 heavy (non-hydrogen) atoms. The molecule has 1 N–H and O–H groups in total. The van der Waals surface area contributed by atoms with Crippen LogP contribution in [0.1, 0.15) is 18.1 Å². The van der Waals surface area contributed by atoms with Gasteiger partial charge in [0.2, 0.25) is 10.0 Å². The molecule has 4 nitrogen and oxygen atoms in total. The van der Waals surface area contributed by atoms with E-state index in [-0.39, 0.29) is 23.9 Å². The molecule has 0 amide bonds. The van der Waals surface area contributed by atoms with Gasteiger partial charge in [0.25, 0.3) is 0 Å². The van der Waals surface area contributed by atoms with Gasteiger partial charge in [0.05, 0.1) is 10.5 Å². The highest BCUT2D eigenvalue weighted by atomic mass is 32.2. The highest BCUT2D eigenvalue weighted by Crippen LogP contribution is 2.39. The zero-order chi connectivity index (χ0) is 18.2. The van der Waals surface area contributed by atoms with Crippen LogP contribution in [0, 0.1) is 12.8 Å². The van der Waals surface area contributed by atoms with Gasteiger partial charge in [-0.1, -0.05) is 54.6 Å². The minimum Gasteiger partial charge on any atom is -0.388 e. The fraction of sp³-hybridized carbons (Fsp3) is 0.300. The van der Waals surface area contributed by atoms with Crippen LogP contribution in [0.4, 0.5) is 0 Å². The molecule has 0 radical (unpaired) electrons. The lowest BCUT2D eigenvalue weighted by Gasteiger charge is -2.26. The number of β-amino-alcohol motifs (C(OH)–C–C–N with tert-alkyl or cyclic N) is 1. The number of aryl methyl sites for hydroxylation is 1. The van der Waals surface area contributed by atoms with E-state index in [1.807, 2.05) is 37.3 Å². The number of nitrogens with zero attached hydrogens (tertiary/aromatic N) is 1. The summed E-state index contributed by atoms with van der Waals surface area (Å²) in [5.41, 5.74) is 1.52. The van der Waals surface area contributed by atoms with E-state index in [2.05, 4.69) is 6.58 Å². The highest BCUT2D eigenvalue weighted by molar-refractivity contribution is 7.89. The molecule has 0 bridgehead atoms. The smallest absolute Gasteiger partial charge is 0.243 e. The standard InChI is InChI=1S/C20H23NO3S/c1-15-9-11-18(12-10-15)25(23,24)21-13-19(20(3,22)14-21)16(2)17-7-5-4-6-8-17/h4-12,19,22H,2,13-14H2,1,3H3/t19-,20+/m0/s1. The Morgan fingerprint density at radius 1 is 1.16 bits per heavy atom. The average Bonchev–Trinajstić information content (AvgIpc) is 2.91. The zero-order valence-electron chi connectivity index (χ0n) is 14.5. The van der Waals surface area contributed by atoms with E-state index in [1.165, 1.54) is 4.31 Å². The van der Waals surface area contributed by atoms with Crippen LogP contribution in [-0.4, -0.2) is 36.5 Å². The minimum absolute atomic E-state index is 0.0553. The Labute approximate surface area is 149 Å². The molecule has 0 aliphatic carbocycles. The van der Waals surface area contributed by atoms with E-state index < -0.39 is 15.6 Å². The van der Waals surface area contributed by atoms with Gasteiger partial charge < -0.3 is 5.11 Å². The molecule has 2 aromatic carbocycles. The predicted molar refractivity (Wildman–Crippen MR) is 99.5 cm³/mol. The molecule has 2 atom stereocenters. The summed E-state index contributed by atoms with van der Waals surface area (Å²) in [6, 6.07) is 16.4. The molecule has 1 heterocycles. The normalized spacial score (nSPS) is 24.4. The van der Waals surface area contributed by atoms with Gasteiger partial charge >= 0.3 is 0 Å². The molecule has 0 spiro atoms. The van der Waals surface area contributed by atoms with Crippen LogP contribution in [0.2, 0.25) is 0 Å². The number of hydrogen-bond donors (Lipinski definition) is 1. The van der Waals surface area contributed by atoms with Crippen molar-refractivity contribution in [3.8, 4) is 0 Å². The predicted octanol–water partition coefficient (Wildman–Crippen LogP) is 3.08. The third kappa shape index (κ3) is 3.40. The molecule has 0 aromatic heterocycles. The van der Waals surface area contributed by atoms with Crippen LogP contribution >= 0.6 is 0 Å². The average molecular weight is 357 g/mol. The molecule has 1 saturated heterocycles. The second-order valence-corrected chi connectivity index (χ2v) is 8.85. The molecule has 1 aliphatic rings. The van der Waals surface area contributed by atoms with Crippen LogP contribution in [0.5, 0.6) is 0 Å². The molecule has 0 unspecified atom stereocenters. The van der Waals surface area contributed by atoms with Gasteiger partial charge in [-0.2, -0.15) is 4.31 Å². The van der Waals surface area contributed by atoms with Crippen molar-refractivity contribution in [2.75, 3.05) is 13.1 Å². The van der Waals surface area contributed by atoms with Gasteiger partial charge in [0.15, 0.2) is 0 Å². The van der Waals surface area contributed by atoms with Crippen molar-refractivity contribution in [2.45, 2.75) is 24.3 Å². The van der Waals surface area contributed by atoms with Gasteiger partial charge in [0.1, 0.15) is 0 Å². The molecule has 1 aliphatic heterocycles. The summed E-state index contributed by atoms with van der Waals surface area (Å²) in [6.45, 7) is 7.99. The maximum atomic E-state index is 12.9. The summed E-state index contributed by atoms with van der Waals surface area (Å²) in [7, 11) is -3.64. The zero-order valence-corrected chi connectivity index (χ0v) is 15.3. The fourth-order valence-electron chi connectivity index (χ4n) is 3.31. The van der Waals surface area contributed by atoms with E-state index >= 15 is 0 Å². The van der Waals surface area contributed by atoms with Crippen molar-refractivity contribution in [3.05, 3.63) is 72.3 Å². The number of sulfonamides is 1. The Kier molecular flexibility index (Phi) is 4.58. The van der Waals surface area contributed by atoms with Crippen molar-refractivity contribution in [3.63, 3.8) is 0 Å². The van der Waals surface area contributed by atoms with E-state index in [0.717, 1.165) is 16.7 Å². The summed E-state index contributed by atoms with van der Waals surface area (Å²) in [5, 5.41) is 10.8. The van der Waals surface area contributed by atoms with Crippen molar-refractivity contribution in [1.82, 2.24) is 4.31 Å². The molecule has 0 saturated carbocycles. The third-order valence-electron chi connectivity index (χ3n) is 4.86. The van der Waals surface area contributed by atoms with Crippen LogP contribution < -0.4 is 0 Å². The highest BCUT2D eigenvalue weighted by Gasteiger charge is 2.47. The summed E-state index contributed by atoms with van der Waals surface area (Å²) < 4.78 is 27.2. The summed E-state index contributed by atoms with van der Waals surface area (Å²) >= 11 is 0. The second kappa shape index (κ2) is 6.41. The number of aliphatic hydroxyl groups is 1. The number of rotatable bonds is 4. The molecule has 2 aromatic rings. The monoisotopic (exact) mass is 357 g/mol. The SMILES string of the molecule is C=C(c1ccccc1)[C@@H]1CN(S(=O)(=O)c2ccc(C)cc2)C[C@@]1(C)O. The van der Waals surface area contributed by atoms with Crippen molar-refractivity contribution in [1.29, 1.82) is 0 Å². The maximum Gasteiger partial charge on any atom is 0.243 e. The van der Waals surface area contributed by atoms with E-state index in [4.69, 9.17) is 0 Å². The summed E-state index contributed by atoms with van der Waals surface area (Å²) in [5.74, 6) is -0.352. The lowest BCUT2D eigenvalue weighted by Crippen LogP contribution is -2.36. The van der Waals surface area contributed by atoms with Crippen LogP contribution in [0.3, 0.4) is 0 Å². The van der Waals surface area contributed by atoms with Crippen LogP contribution in [-0.2, 0) is 10.0 Å². The summed E-state index contributed by atoms with van der Waals surface area (Å²) in [6.07, 6.45) is 0. The van der Waals surface area contributed by atoms with Gasteiger partial charge in [-0.25, -0.2) is 8.42 Å². The van der Waals surface area contributed by atoms with Gasteiger partial charge in [0, 0.05) is 19.0 Å². The fourth-order valence-corrected chi connectivity index (χ4v) is 4.87.